The minimum Gasteiger partial charge on any atom is -0.379 e. The molecule has 0 atom stereocenters. The molecule has 0 unspecified atom stereocenters. The van der Waals surface area contributed by atoms with Crippen molar-refractivity contribution in [1.82, 2.24) is 24.4 Å². The molecule has 1 aromatic carbocycles. The number of para-hydroxylation sites is 2. The minimum atomic E-state index is 0.544. The standard InChI is InChI=1S/C19H25N7O/c1-14-13-17(20-7-8-26-9-11-27-12-10-26)23-18(21-14)24-19-22-15-5-3-4-6-16(15)25(19)2/h3-6,13H,7-12H2,1-2H3,(H2,20,21,22,23,24). The number of nitrogens with one attached hydrogen (secondary N) is 2. The number of nitrogens with zero attached hydrogens (tertiary/aromatic N) is 5. The highest BCUT2D eigenvalue weighted by atomic mass is 16.5. The van der Waals surface area contributed by atoms with Crippen molar-refractivity contribution in [3.63, 3.8) is 0 Å². The van der Waals surface area contributed by atoms with E-state index in [4.69, 9.17) is 4.74 Å². The van der Waals surface area contributed by atoms with E-state index < -0.39 is 0 Å². The Hall–Kier alpha value is -2.71. The summed E-state index contributed by atoms with van der Waals surface area (Å²) in [4.78, 5) is 16.1. The Labute approximate surface area is 158 Å². The van der Waals surface area contributed by atoms with Crippen LogP contribution in [0.25, 0.3) is 11.0 Å². The Morgan fingerprint density at radius 1 is 1.11 bits per heavy atom. The molecule has 0 amide bonds. The summed E-state index contributed by atoms with van der Waals surface area (Å²) in [6.07, 6.45) is 0. The minimum absolute atomic E-state index is 0.544. The van der Waals surface area contributed by atoms with Crippen LogP contribution >= 0.6 is 0 Å². The first kappa shape index (κ1) is 17.7. The van der Waals surface area contributed by atoms with E-state index in [2.05, 4.69) is 30.5 Å². The van der Waals surface area contributed by atoms with Gasteiger partial charge in [-0.1, -0.05) is 12.1 Å². The summed E-state index contributed by atoms with van der Waals surface area (Å²) < 4.78 is 7.39. The van der Waals surface area contributed by atoms with Crippen LogP contribution in [-0.2, 0) is 11.8 Å². The van der Waals surface area contributed by atoms with Gasteiger partial charge < -0.3 is 14.6 Å². The SMILES string of the molecule is Cc1cc(NCCN2CCOCC2)nc(Nc2nc3ccccc3n2C)n1. The van der Waals surface area contributed by atoms with Crippen molar-refractivity contribution in [1.29, 1.82) is 0 Å². The molecule has 0 saturated carbocycles. The van der Waals surface area contributed by atoms with Gasteiger partial charge >= 0.3 is 0 Å². The van der Waals surface area contributed by atoms with E-state index in [0.29, 0.717) is 5.95 Å². The summed E-state index contributed by atoms with van der Waals surface area (Å²) in [5.41, 5.74) is 2.91. The zero-order valence-corrected chi connectivity index (χ0v) is 15.8. The lowest BCUT2D eigenvalue weighted by molar-refractivity contribution is 0.0398. The van der Waals surface area contributed by atoms with Gasteiger partial charge in [-0.25, -0.2) is 9.97 Å². The lowest BCUT2D eigenvalue weighted by Gasteiger charge is -2.26. The van der Waals surface area contributed by atoms with Gasteiger partial charge in [-0.05, 0) is 19.1 Å². The first-order chi connectivity index (χ1) is 13.2. The van der Waals surface area contributed by atoms with E-state index in [1.807, 2.05) is 48.9 Å². The summed E-state index contributed by atoms with van der Waals surface area (Å²) in [7, 11) is 1.98. The molecule has 1 aliphatic rings. The largest absolute Gasteiger partial charge is 0.379 e. The summed E-state index contributed by atoms with van der Waals surface area (Å²) >= 11 is 0. The maximum atomic E-state index is 5.38. The van der Waals surface area contributed by atoms with E-state index in [-0.39, 0.29) is 0 Å². The van der Waals surface area contributed by atoms with Crippen LogP contribution < -0.4 is 10.6 Å². The van der Waals surface area contributed by atoms with Crippen LogP contribution in [0.5, 0.6) is 0 Å². The molecule has 1 saturated heterocycles. The maximum Gasteiger partial charge on any atom is 0.231 e. The van der Waals surface area contributed by atoms with Crippen LogP contribution in [0.2, 0.25) is 0 Å². The Balaban J connectivity index is 1.44. The predicted molar refractivity (Wildman–Crippen MR) is 107 cm³/mol. The number of fused-ring (bicyclic) bond motifs is 1. The quantitative estimate of drug-likeness (QED) is 0.691. The van der Waals surface area contributed by atoms with Crippen molar-refractivity contribution in [2.24, 2.45) is 7.05 Å². The van der Waals surface area contributed by atoms with Gasteiger partial charge in [0.25, 0.3) is 0 Å². The third-order valence-corrected chi connectivity index (χ3v) is 4.70. The van der Waals surface area contributed by atoms with Crippen molar-refractivity contribution < 1.29 is 4.74 Å². The summed E-state index contributed by atoms with van der Waals surface area (Å²) in [6, 6.07) is 9.99. The summed E-state index contributed by atoms with van der Waals surface area (Å²) in [6.45, 7) is 7.39. The second-order valence-electron chi connectivity index (χ2n) is 6.71. The lowest BCUT2D eigenvalue weighted by Crippen LogP contribution is -2.39. The molecule has 2 aromatic heterocycles. The van der Waals surface area contributed by atoms with Crippen LogP contribution in [0.4, 0.5) is 17.7 Å². The molecule has 0 aliphatic carbocycles. The van der Waals surface area contributed by atoms with Crippen molar-refractivity contribution in [2.45, 2.75) is 6.92 Å². The fourth-order valence-electron chi connectivity index (χ4n) is 3.24. The van der Waals surface area contributed by atoms with Crippen LogP contribution in [0.3, 0.4) is 0 Å². The number of morpholine rings is 1. The topological polar surface area (TPSA) is 80.1 Å². The third-order valence-electron chi connectivity index (χ3n) is 4.70. The van der Waals surface area contributed by atoms with Crippen molar-refractivity contribution in [2.75, 3.05) is 50.0 Å². The van der Waals surface area contributed by atoms with Gasteiger partial charge in [-0.3, -0.25) is 10.2 Å². The second-order valence-corrected chi connectivity index (χ2v) is 6.71. The molecule has 0 radical (unpaired) electrons. The molecule has 27 heavy (non-hydrogen) atoms. The number of hydrogen-bond acceptors (Lipinski definition) is 7. The molecular weight excluding hydrogens is 342 g/mol. The zero-order chi connectivity index (χ0) is 18.6. The van der Waals surface area contributed by atoms with Crippen LogP contribution in [0, 0.1) is 6.92 Å². The number of hydrogen-bond donors (Lipinski definition) is 2. The Kier molecular flexibility index (Phi) is 5.17. The van der Waals surface area contributed by atoms with Crippen molar-refractivity contribution >= 4 is 28.7 Å². The highest BCUT2D eigenvalue weighted by Crippen LogP contribution is 2.20. The number of ether oxygens (including phenoxy) is 1. The predicted octanol–water partition coefficient (Wildman–Crippen LogP) is 2.16. The molecule has 1 aliphatic heterocycles. The molecule has 2 N–H and O–H groups in total. The molecule has 8 heteroatoms. The molecule has 142 valence electrons. The van der Waals surface area contributed by atoms with Gasteiger partial charge in [0.05, 0.1) is 24.2 Å². The number of rotatable bonds is 6. The first-order valence-corrected chi connectivity index (χ1v) is 9.27. The van der Waals surface area contributed by atoms with Gasteiger partial charge in [0.1, 0.15) is 5.82 Å². The summed E-state index contributed by atoms with van der Waals surface area (Å²) in [5, 5.41) is 6.64. The fraction of sp³-hybridized carbons (Fsp3) is 0.421. The van der Waals surface area contributed by atoms with E-state index in [1.54, 1.807) is 0 Å². The van der Waals surface area contributed by atoms with Crippen LogP contribution in [0.15, 0.2) is 30.3 Å². The number of benzene rings is 1. The first-order valence-electron chi connectivity index (χ1n) is 9.27. The number of aryl methyl sites for hydroxylation is 2. The lowest BCUT2D eigenvalue weighted by atomic mass is 10.3. The zero-order valence-electron chi connectivity index (χ0n) is 15.8. The van der Waals surface area contributed by atoms with E-state index in [9.17, 15) is 0 Å². The van der Waals surface area contributed by atoms with Gasteiger partial charge in [0.15, 0.2) is 0 Å². The number of anilines is 3. The smallest absolute Gasteiger partial charge is 0.231 e. The van der Waals surface area contributed by atoms with E-state index in [0.717, 1.165) is 67.9 Å². The molecule has 8 nitrogen and oxygen atoms in total. The van der Waals surface area contributed by atoms with Crippen molar-refractivity contribution in [3.05, 3.63) is 36.0 Å². The molecule has 0 bridgehead atoms. The molecule has 0 spiro atoms. The van der Waals surface area contributed by atoms with Crippen LogP contribution in [-0.4, -0.2) is 63.8 Å². The summed E-state index contributed by atoms with van der Waals surface area (Å²) in [5.74, 6) is 2.08. The highest BCUT2D eigenvalue weighted by molar-refractivity contribution is 5.79. The van der Waals surface area contributed by atoms with Gasteiger partial charge in [-0.15, -0.1) is 0 Å². The van der Waals surface area contributed by atoms with Crippen molar-refractivity contribution in [3.8, 4) is 0 Å². The van der Waals surface area contributed by atoms with Gasteiger partial charge in [0.2, 0.25) is 11.9 Å². The normalized spacial score (nSPS) is 15.2. The number of aromatic nitrogens is 4. The fourth-order valence-corrected chi connectivity index (χ4v) is 3.24. The van der Waals surface area contributed by atoms with Crippen LogP contribution in [0.1, 0.15) is 5.69 Å². The van der Waals surface area contributed by atoms with E-state index >= 15 is 0 Å². The molecule has 3 aromatic rings. The number of imidazole rings is 1. The molecule has 3 heterocycles. The Bertz CT molecular complexity index is 918. The van der Waals surface area contributed by atoms with Gasteiger partial charge in [0, 0.05) is 45.0 Å². The Morgan fingerprint density at radius 2 is 1.93 bits per heavy atom. The molecule has 1 fully saturated rings. The van der Waals surface area contributed by atoms with Gasteiger partial charge in [-0.2, -0.15) is 4.98 Å². The molecule has 4 rings (SSSR count). The van der Waals surface area contributed by atoms with E-state index in [1.165, 1.54) is 0 Å². The Morgan fingerprint density at radius 3 is 2.74 bits per heavy atom. The third kappa shape index (κ3) is 4.17. The monoisotopic (exact) mass is 367 g/mol. The molecular formula is C19H25N7O. The second kappa shape index (κ2) is 7.89. The average molecular weight is 367 g/mol. The highest BCUT2D eigenvalue weighted by Gasteiger charge is 2.11. The average Bonchev–Trinajstić information content (AvgIpc) is 2.98. The maximum absolute atomic E-state index is 5.38.